The van der Waals surface area contributed by atoms with Gasteiger partial charge in [0.1, 0.15) is 46.8 Å². The van der Waals surface area contributed by atoms with Crippen molar-refractivity contribution in [1.29, 1.82) is 0 Å². The van der Waals surface area contributed by atoms with Gasteiger partial charge in [-0.2, -0.15) is 0 Å². The van der Waals surface area contributed by atoms with Crippen LogP contribution in [0.5, 0.6) is 11.5 Å². The number of pyridine rings is 1. The van der Waals surface area contributed by atoms with Crippen LogP contribution in [0.15, 0.2) is 67.3 Å². The van der Waals surface area contributed by atoms with Crippen molar-refractivity contribution in [3.63, 3.8) is 0 Å². The van der Waals surface area contributed by atoms with E-state index in [1.54, 1.807) is 21.0 Å². The fourth-order valence-corrected chi connectivity index (χ4v) is 8.10. The highest BCUT2D eigenvalue weighted by atomic mass is 16.5. The van der Waals surface area contributed by atoms with Crippen LogP contribution in [0.1, 0.15) is 65.7 Å². The fourth-order valence-electron chi connectivity index (χ4n) is 8.10. The van der Waals surface area contributed by atoms with Crippen molar-refractivity contribution in [3.8, 4) is 22.8 Å². The normalized spacial score (nSPS) is 23.4. The van der Waals surface area contributed by atoms with Crippen LogP contribution in [0.3, 0.4) is 0 Å². The van der Waals surface area contributed by atoms with E-state index in [1.807, 2.05) is 54.6 Å². The minimum Gasteiger partial charge on any atom is -0.494 e. The largest absolute Gasteiger partial charge is 0.494 e. The SMILES string of the molecule is C=C[C@@H]1C[C@]1(NC(=O)[C@H]1C[C@@H](Oc2cc(-c3ccccc3)nc3c(OC)cccc23)CN1C(=O)[C@@H](NC(=O)[C@@H](NC(C)=O)C1CCCCC1)C(C)C)C(=O)O. The summed E-state index contributed by atoms with van der Waals surface area (Å²) in [5.41, 5.74) is 0.534. The van der Waals surface area contributed by atoms with Crippen LogP contribution < -0.4 is 25.4 Å². The van der Waals surface area contributed by atoms with E-state index in [1.165, 1.54) is 17.9 Å². The van der Waals surface area contributed by atoms with Crippen LogP contribution >= 0.6 is 0 Å². The van der Waals surface area contributed by atoms with Gasteiger partial charge in [-0.3, -0.25) is 19.2 Å². The predicted molar refractivity (Wildman–Crippen MR) is 206 cm³/mol. The molecule has 0 spiro atoms. The van der Waals surface area contributed by atoms with Gasteiger partial charge in [-0.05, 0) is 43.2 Å². The summed E-state index contributed by atoms with van der Waals surface area (Å²) in [6.45, 7) is 8.68. The Balaban J connectivity index is 1.32. The summed E-state index contributed by atoms with van der Waals surface area (Å²) in [4.78, 5) is 73.6. The smallest absolute Gasteiger partial charge is 0.330 e. The van der Waals surface area contributed by atoms with Gasteiger partial charge in [0.2, 0.25) is 23.6 Å². The zero-order valence-electron chi connectivity index (χ0n) is 31.9. The van der Waals surface area contributed by atoms with Crippen LogP contribution in [0.2, 0.25) is 0 Å². The number of amides is 4. The lowest BCUT2D eigenvalue weighted by molar-refractivity contribution is -0.146. The van der Waals surface area contributed by atoms with E-state index in [0.717, 1.165) is 37.7 Å². The summed E-state index contributed by atoms with van der Waals surface area (Å²) in [5, 5.41) is 19.2. The standard InChI is InChI=1S/C42H51N5O8/c1-6-28-22-42(28,41(52)53)46-38(49)32-20-29(55-34-21-31(26-14-9-7-10-15-26)44-37-30(34)18-13-19-33(37)54-5)23-47(32)40(51)35(24(2)3)45-39(50)36(43-25(4)48)27-16-11-8-12-17-27/h6-7,9-10,13-15,18-19,21,24,27-29,32,35-36H,1,8,11-12,16-17,20,22-23H2,2-5H3,(H,43,48)(H,45,50)(H,46,49)(H,52,53)/t28-,29-,32-,35+,36+,42-/m1/s1. The zero-order valence-corrected chi connectivity index (χ0v) is 31.9. The number of carboxylic acids is 1. The van der Waals surface area contributed by atoms with Gasteiger partial charge in [-0.25, -0.2) is 9.78 Å². The van der Waals surface area contributed by atoms with Gasteiger partial charge in [-0.1, -0.05) is 75.6 Å². The summed E-state index contributed by atoms with van der Waals surface area (Å²) in [5.74, 6) is -3.03. The first-order valence-corrected chi connectivity index (χ1v) is 19.1. The lowest BCUT2D eigenvalue weighted by Crippen LogP contribution is -2.60. The lowest BCUT2D eigenvalue weighted by Gasteiger charge is -2.34. The molecule has 0 unspecified atom stereocenters. The number of aliphatic carboxylic acids is 1. The number of para-hydroxylation sites is 1. The van der Waals surface area contributed by atoms with Crippen molar-refractivity contribution >= 4 is 40.5 Å². The number of hydrogen-bond acceptors (Lipinski definition) is 8. The number of hydrogen-bond donors (Lipinski definition) is 4. The number of ether oxygens (including phenoxy) is 2. The number of benzene rings is 2. The Kier molecular flexibility index (Phi) is 11.8. The first-order valence-electron chi connectivity index (χ1n) is 19.1. The average molecular weight is 754 g/mol. The highest BCUT2D eigenvalue weighted by molar-refractivity contribution is 5.97. The molecular weight excluding hydrogens is 702 g/mol. The number of methoxy groups -OCH3 is 1. The van der Waals surface area contributed by atoms with Crippen molar-refractivity contribution in [1.82, 2.24) is 25.8 Å². The molecule has 6 atom stereocenters. The number of aromatic nitrogens is 1. The van der Waals surface area contributed by atoms with E-state index in [-0.39, 0.29) is 31.2 Å². The highest BCUT2D eigenvalue weighted by Crippen LogP contribution is 2.45. The lowest BCUT2D eigenvalue weighted by atomic mass is 9.83. The second-order valence-electron chi connectivity index (χ2n) is 15.3. The average Bonchev–Trinajstić information content (AvgIpc) is 3.75. The van der Waals surface area contributed by atoms with Gasteiger partial charge >= 0.3 is 5.97 Å². The summed E-state index contributed by atoms with van der Waals surface area (Å²) >= 11 is 0. The van der Waals surface area contributed by atoms with E-state index in [9.17, 15) is 29.1 Å². The number of fused-ring (bicyclic) bond motifs is 1. The molecule has 3 aromatic rings. The fraction of sp³-hybridized carbons (Fsp3) is 0.476. The molecule has 1 saturated heterocycles. The number of nitrogens with one attached hydrogen (secondary N) is 3. The number of nitrogens with zero attached hydrogens (tertiary/aromatic N) is 2. The second-order valence-corrected chi connectivity index (χ2v) is 15.3. The molecule has 3 fully saturated rings. The number of carbonyl (C=O) groups is 5. The van der Waals surface area contributed by atoms with Crippen molar-refractivity contribution in [3.05, 3.63) is 67.3 Å². The number of likely N-dealkylation sites (tertiary alicyclic amines) is 1. The minimum absolute atomic E-state index is 0.0207. The molecule has 2 saturated carbocycles. The number of carboxylic acid groups (broad SMARTS) is 1. The molecule has 2 aliphatic carbocycles. The van der Waals surface area contributed by atoms with Crippen LogP contribution in [0.4, 0.5) is 0 Å². The van der Waals surface area contributed by atoms with E-state index < -0.39 is 65.3 Å². The predicted octanol–water partition coefficient (Wildman–Crippen LogP) is 4.63. The van der Waals surface area contributed by atoms with Crippen molar-refractivity contribution in [2.45, 2.75) is 95.5 Å². The third kappa shape index (κ3) is 8.30. The summed E-state index contributed by atoms with van der Waals surface area (Å²) in [6.07, 6.45) is 5.56. The molecule has 55 heavy (non-hydrogen) atoms. The Morgan fingerprint density at radius 3 is 2.35 bits per heavy atom. The molecule has 13 heteroatoms. The Morgan fingerprint density at radius 1 is 1.00 bits per heavy atom. The Hall–Kier alpha value is -5.46. The van der Waals surface area contributed by atoms with Crippen molar-refractivity contribution in [2.24, 2.45) is 17.8 Å². The quantitative estimate of drug-likeness (QED) is 0.171. The zero-order chi connectivity index (χ0) is 39.4. The topological polar surface area (TPSA) is 176 Å². The van der Waals surface area contributed by atoms with Crippen LogP contribution in [-0.2, 0) is 24.0 Å². The molecule has 2 aromatic carbocycles. The van der Waals surface area contributed by atoms with Gasteiger partial charge in [-0.15, -0.1) is 6.58 Å². The summed E-state index contributed by atoms with van der Waals surface area (Å²) in [6, 6.07) is 13.9. The van der Waals surface area contributed by atoms with Gasteiger partial charge in [0.15, 0.2) is 0 Å². The maximum Gasteiger partial charge on any atom is 0.330 e. The second kappa shape index (κ2) is 16.5. The van der Waals surface area contributed by atoms with E-state index in [4.69, 9.17) is 14.5 Å². The number of carbonyl (C=O) groups excluding carboxylic acids is 4. The van der Waals surface area contributed by atoms with Gasteiger partial charge in [0.25, 0.3) is 0 Å². The molecule has 292 valence electrons. The molecule has 0 radical (unpaired) electrons. The monoisotopic (exact) mass is 753 g/mol. The molecule has 4 amide bonds. The molecule has 0 bridgehead atoms. The van der Waals surface area contributed by atoms with Crippen molar-refractivity contribution < 1.29 is 38.6 Å². The Morgan fingerprint density at radius 2 is 1.73 bits per heavy atom. The minimum atomic E-state index is -1.52. The summed E-state index contributed by atoms with van der Waals surface area (Å²) < 4.78 is 12.3. The molecule has 6 rings (SSSR count). The first kappa shape index (κ1) is 39.2. The molecule has 1 aromatic heterocycles. The molecule has 2 heterocycles. The Labute approximate surface area is 321 Å². The third-order valence-corrected chi connectivity index (χ3v) is 11.2. The van der Waals surface area contributed by atoms with Crippen LogP contribution in [0, 0.1) is 17.8 Å². The molecule has 1 aliphatic heterocycles. The Bertz CT molecular complexity index is 1950. The maximum atomic E-state index is 14.7. The molecule has 4 N–H and O–H groups in total. The van der Waals surface area contributed by atoms with Crippen LogP contribution in [0.25, 0.3) is 22.2 Å². The molecular formula is C42H51N5O8. The van der Waals surface area contributed by atoms with Gasteiger partial charge in [0, 0.05) is 36.3 Å². The van der Waals surface area contributed by atoms with Crippen molar-refractivity contribution in [2.75, 3.05) is 13.7 Å². The van der Waals surface area contributed by atoms with Crippen LogP contribution in [-0.4, -0.2) is 88.0 Å². The first-order chi connectivity index (χ1) is 26.4. The van der Waals surface area contributed by atoms with E-state index in [2.05, 4.69) is 22.5 Å². The maximum absolute atomic E-state index is 14.7. The molecule has 13 nitrogen and oxygen atoms in total. The van der Waals surface area contributed by atoms with E-state index in [0.29, 0.717) is 28.1 Å². The van der Waals surface area contributed by atoms with E-state index >= 15 is 0 Å². The third-order valence-electron chi connectivity index (χ3n) is 11.2. The van der Waals surface area contributed by atoms with Gasteiger partial charge in [0.05, 0.1) is 19.3 Å². The molecule has 3 aliphatic rings. The van der Waals surface area contributed by atoms with Gasteiger partial charge < -0.3 is 35.4 Å². The highest BCUT2D eigenvalue weighted by Gasteiger charge is 2.61. The summed E-state index contributed by atoms with van der Waals surface area (Å²) in [7, 11) is 1.56. The number of rotatable bonds is 14.